The molecule has 0 aliphatic rings. The first-order valence-electron chi connectivity index (χ1n) is 4.97. The van der Waals surface area contributed by atoms with Crippen molar-refractivity contribution in [1.82, 2.24) is 5.32 Å². The van der Waals surface area contributed by atoms with Crippen LogP contribution in [0.1, 0.15) is 10.4 Å². The lowest BCUT2D eigenvalue weighted by Crippen LogP contribution is -2.03. The van der Waals surface area contributed by atoms with Crippen LogP contribution in [-0.4, -0.2) is 14.2 Å². The molecule has 15 heavy (non-hydrogen) atoms. The number of thiophene rings is 1. The normalized spacial score (nSPS) is 10.9. The Bertz CT molecular complexity index is 476. The number of rotatable bonds is 3. The summed E-state index contributed by atoms with van der Waals surface area (Å²) >= 11 is 1.84. The average molecular weight is 221 g/mol. The molecule has 2 aromatic rings. The summed E-state index contributed by atoms with van der Waals surface area (Å²) in [4.78, 5) is 1.40. The molecule has 0 saturated heterocycles. The maximum atomic E-state index is 5.22. The highest BCUT2D eigenvalue weighted by atomic mass is 32.1. The van der Waals surface area contributed by atoms with Gasteiger partial charge in [0.05, 0.1) is 7.11 Å². The molecular weight excluding hydrogens is 206 g/mol. The third kappa shape index (κ3) is 1.85. The predicted octanol–water partition coefficient (Wildman–Crippen LogP) is 2.94. The molecule has 0 amide bonds. The maximum absolute atomic E-state index is 5.22. The van der Waals surface area contributed by atoms with Crippen molar-refractivity contribution in [2.45, 2.75) is 13.5 Å². The van der Waals surface area contributed by atoms with Crippen molar-refractivity contribution in [2.24, 2.45) is 0 Å². The molecule has 0 radical (unpaired) electrons. The van der Waals surface area contributed by atoms with Gasteiger partial charge in [-0.05, 0) is 43.1 Å². The maximum Gasteiger partial charge on any atom is 0.120 e. The van der Waals surface area contributed by atoms with Gasteiger partial charge in [-0.25, -0.2) is 0 Å². The molecule has 3 heteroatoms. The molecule has 0 bridgehead atoms. The molecule has 0 aliphatic carbocycles. The van der Waals surface area contributed by atoms with Crippen LogP contribution in [0.5, 0.6) is 5.75 Å². The fraction of sp³-hybridized carbons (Fsp3) is 0.333. The summed E-state index contributed by atoms with van der Waals surface area (Å²) in [5, 5.41) is 4.53. The standard InChI is InChI=1S/C12H15NOS/c1-8-10-5-4-9(14-3)6-11(10)15-12(8)7-13-2/h4-6,13H,7H2,1-3H3. The van der Waals surface area contributed by atoms with Crippen LogP contribution in [0, 0.1) is 6.92 Å². The molecule has 1 N–H and O–H groups in total. The minimum Gasteiger partial charge on any atom is -0.497 e. The van der Waals surface area contributed by atoms with Crippen molar-refractivity contribution in [3.8, 4) is 5.75 Å². The number of hydrogen-bond acceptors (Lipinski definition) is 3. The average Bonchev–Trinajstić information content (AvgIpc) is 2.56. The second-order valence-electron chi connectivity index (χ2n) is 3.54. The van der Waals surface area contributed by atoms with Crippen LogP contribution in [0.4, 0.5) is 0 Å². The zero-order valence-corrected chi connectivity index (χ0v) is 10.1. The fourth-order valence-corrected chi connectivity index (χ4v) is 2.96. The molecule has 1 aromatic carbocycles. The van der Waals surface area contributed by atoms with E-state index >= 15 is 0 Å². The van der Waals surface area contributed by atoms with Gasteiger partial charge in [-0.3, -0.25) is 0 Å². The van der Waals surface area contributed by atoms with Crippen LogP contribution in [0.3, 0.4) is 0 Å². The molecule has 2 rings (SSSR count). The number of fused-ring (bicyclic) bond motifs is 1. The first-order chi connectivity index (χ1) is 7.26. The number of nitrogens with one attached hydrogen (secondary N) is 1. The lowest BCUT2D eigenvalue weighted by Gasteiger charge is -1.98. The van der Waals surface area contributed by atoms with Gasteiger partial charge >= 0.3 is 0 Å². The van der Waals surface area contributed by atoms with Gasteiger partial charge in [-0.15, -0.1) is 11.3 Å². The number of aryl methyl sites for hydroxylation is 1. The first kappa shape index (κ1) is 10.5. The molecule has 0 spiro atoms. The molecule has 0 unspecified atom stereocenters. The molecule has 0 saturated carbocycles. The Morgan fingerprint density at radius 3 is 2.87 bits per heavy atom. The van der Waals surface area contributed by atoms with E-state index in [0.717, 1.165) is 12.3 Å². The summed E-state index contributed by atoms with van der Waals surface area (Å²) in [5.74, 6) is 0.930. The molecule has 0 atom stereocenters. The SMILES string of the molecule is CNCc1sc2cc(OC)ccc2c1C. The van der Waals surface area contributed by atoms with Crippen molar-refractivity contribution in [3.63, 3.8) is 0 Å². The van der Waals surface area contributed by atoms with Crippen molar-refractivity contribution in [1.29, 1.82) is 0 Å². The molecule has 0 fully saturated rings. The molecule has 0 aliphatic heterocycles. The monoisotopic (exact) mass is 221 g/mol. The zero-order valence-electron chi connectivity index (χ0n) is 9.26. The number of hydrogen-bond donors (Lipinski definition) is 1. The van der Waals surface area contributed by atoms with E-state index in [9.17, 15) is 0 Å². The van der Waals surface area contributed by atoms with Gasteiger partial charge in [-0.1, -0.05) is 0 Å². The Balaban J connectivity index is 2.55. The van der Waals surface area contributed by atoms with E-state index in [1.165, 1.54) is 20.5 Å². The van der Waals surface area contributed by atoms with Crippen LogP contribution >= 0.6 is 11.3 Å². The quantitative estimate of drug-likeness (QED) is 0.860. The zero-order chi connectivity index (χ0) is 10.8. The second-order valence-corrected chi connectivity index (χ2v) is 4.68. The molecule has 80 valence electrons. The highest BCUT2D eigenvalue weighted by molar-refractivity contribution is 7.19. The summed E-state index contributed by atoms with van der Waals surface area (Å²) in [6, 6.07) is 6.26. The van der Waals surface area contributed by atoms with Gasteiger partial charge in [0.2, 0.25) is 0 Å². The third-order valence-electron chi connectivity index (χ3n) is 2.58. The van der Waals surface area contributed by atoms with Crippen molar-refractivity contribution in [3.05, 3.63) is 28.6 Å². The van der Waals surface area contributed by atoms with E-state index in [-0.39, 0.29) is 0 Å². The highest BCUT2D eigenvalue weighted by Gasteiger charge is 2.07. The van der Waals surface area contributed by atoms with Crippen molar-refractivity contribution in [2.75, 3.05) is 14.2 Å². The fourth-order valence-electron chi connectivity index (χ4n) is 1.71. The Morgan fingerprint density at radius 2 is 2.20 bits per heavy atom. The van der Waals surface area contributed by atoms with Crippen LogP contribution in [0.25, 0.3) is 10.1 Å². The van der Waals surface area contributed by atoms with E-state index in [4.69, 9.17) is 4.74 Å². The van der Waals surface area contributed by atoms with Gasteiger partial charge in [0.1, 0.15) is 5.75 Å². The molecule has 1 aromatic heterocycles. The Kier molecular flexibility index (Phi) is 2.93. The molecule has 2 nitrogen and oxygen atoms in total. The molecular formula is C12H15NOS. The van der Waals surface area contributed by atoms with E-state index in [2.05, 4.69) is 24.4 Å². The van der Waals surface area contributed by atoms with Gasteiger partial charge in [0, 0.05) is 16.1 Å². The Labute approximate surface area is 93.9 Å². The lowest BCUT2D eigenvalue weighted by atomic mass is 10.1. The summed E-state index contributed by atoms with van der Waals surface area (Å²) in [7, 11) is 3.68. The van der Waals surface area contributed by atoms with Crippen LogP contribution < -0.4 is 10.1 Å². The Morgan fingerprint density at radius 1 is 1.40 bits per heavy atom. The van der Waals surface area contributed by atoms with Crippen LogP contribution in [0.15, 0.2) is 18.2 Å². The second kappa shape index (κ2) is 4.21. The summed E-state index contributed by atoms with van der Waals surface area (Å²) < 4.78 is 6.53. The van der Waals surface area contributed by atoms with Gasteiger partial charge in [0.25, 0.3) is 0 Å². The largest absolute Gasteiger partial charge is 0.497 e. The number of methoxy groups -OCH3 is 1. The minimum absolute atomic E-state index is 0.930. The van der Waals surface area contributed by atoms with Crippen LogP contribution in [-0.2, 0) is 6.54 Å². The topological polar surface area (TPSA) is 21.3 Å². The third-order valence-corrected chi connectivity index (χ3v) is 3.84. The van der Waals surface area contributed by atoms with Gasteiger partial charge in [0.15, 0.2) is 0 Å². The van der Waals surface area contributed by atoms with E-state index in [0.29, 0.717) is 0 Å². The van der Waals surface area contributed by atoms with Crippen molar-refractivity contribution < 1.29 is 4.74 Å². The van der Waals surface area contributed by atoms with Gasteiger partial charge < -0.3 is 10.1 Å². The van der Waals surface area contributed by atoms with Crippen LogP contribution in [0.2, 0.25) is 0 Å². The number of benzene rings is 1. The Hall–Kier alpha value is -1.06. The van der Waals surface area contributed by atoms with Gasteiger partial charge in [-0.2, -0.15) is 0 Å². The first-order valence-corrected chi connectivity index (χ1v) is 5.78. The highest BCUT2D eigenvalue weighted by Crippen LogP contribution is 2.33. The smallest absolute Gasteiger partial charge is 0.120 e. The summed E-state index contributed by atoms with van der Waals surface area (Å²) in [6.45, 7) is 3.12. The van der Waals surface area contributed by atoms with E-state index in [1.54, 1.807) is 7.11 Å². The lowest BCUT2D eigenvalue weighted by molar-refractivity contribution is 0.415. The number of ether oxygens (including phenoxy) is 1. The predicted molar refractivity (Wildman–Crippen MR) is 65.9 cm³/mol. The minimum atomic E-state index is 0.930. The summed E-state index contributed by atoms with van der Waals surface area (Å²) in [6.07, 6.45) is 0. The van der Waals surface area contributed by atoms with Crippen molar-refractivity contribution >= 4 is 21.4 Å². The molecule has 1 heterocycles. The van der Waals surface area contributed by atoms with E-state index < -0.39 is 0 Å². The summed E-state index contributed by atoms with van der Waals surface area (Å²) in [5.41, 5.74) is 1.38. The van der Waals surface area contributed by atoms with E-state index in [1.807, 2.05) is 24.5 Å².